The molecule has 0 unspecified atom stereocenters. The number of halogens is 2. The van der Waals surface area contributed by atoms with Gasteiger partial charge in [-0.15, -0.1) is 0 Å². The van der Waals surface area contributed by atoms with Gasteiger partial charge in [0.15, 0.2) is 4.84 Å². The van der Waals surface area contributed by atoms with Crippen LogP contribution < -0.4 is 15.4 Å². The Morgan fingerprint density at radius 2 is 1.93 bits per heavy atom. The van der Waals surface area contributed by atoms with Crippen LogP contribution in [-0.2, 0) is 4.79 Å². The number of aryl methyl sites for hydroxylation is 1. The van der Waals surface area contributed by atoms with Crippen molar-refractivity contribution in [2.45, 2.75) is 17.4 Å². The van der Waals surface area contributed by atoms with Crippen LogP contribution in [0.3, 0.4) is 0 Å². The Hall–Kier alpha value is -2.57. The van der Waals surface area contributed by atoms with Gasteiger partial charge in [-0.1, -0.05) is 53.0 Å². The Morgan fingerprint density at radius 3 is 2.56 bits per heavy atom. The number of aliphatic imine (C=N–C) groups is 1. The number of alkyl halides is 2. The quantitative estimate of drug-likeness (QED) is 0.750. The number of rotatable bonds is 5. The molecule has 0 radical (unpaired) electrons. The molecule has 3 rings (SSSR count). The first-order valence-corrected chi connectivity index (χ1v) is 8.96. The van der Waals surface area contributed by atoms with Crippen molar-refractivity contribution < 1.29 is 14.3 Å². The summed E-state index contributed by atoms with van der Waals surface area (Å²) in [5.41, 5.74) is 0.143. The van der Waals surface area contributed by atoms with Gasteiger partial charge in [0.1, 0.15) is 11.6 Å². The summed E-state index contributed by atoms with van der Waals surface area (Å²) in [6.45, 7) is 1.91. The first-order chi connectivity index (χ1) is 12.9. The number of nitrogens with one attached hydrogen (secondary N) is 2. The number of carbonyl (C=O) groups is 2. The van der Waals surface area contributed by atoms with Crippen LogP contribution in [0.25, 0.3) is 0 Å². The molecule has 2 aromatic rings. The third-order valence-corrected chi connectivity index (χ3v) is 4.77. The average Bonchev–Trinajstić information content (AvgIpc) is 3.00. The van der Waals surface area contributed by atoms with Crippen LogP contribution in [0.1, 0.15) is 21.5 Å². The molecule has 0 fully saturated rings. The van der Waals surface area contributed by atoms with Crippen LogP contribution in [-0.4, -0.2) is 35.3 Å². The lowest BCUT2D eigenvalue weighted by Crippen LogP contribution is -2.58. The predicted octanol–water partition coefficient (Wildman–Crippen LogP) is 2.81. The maximum atomic E-state index is 12.7. The van der Waals surface area contributed by atoms with Gasteiger partial charge < -0.3 is 15.4 Å². The number of hydrogen-bond donors (Lipinski definition) is 2. The molecule has 1 heterocycles. The molecule has 0 bridgehead atoms. The summed E-state index contributed by atoms with van der Waals surface area (Å²) in [7, 11) is 1.54. The minimum Gasteiger partial charge on any atom is -0.497 e. The Kier molecular flexibility index (Phi) is 5.39. The van der Waals surface area contributed by atoms with E-state index in [4.69, 9.17) is 27.9 Å². The SMILES string of the molecule is COc1cccc(C2=N[C@@](NC(=O)c3ccc(C)cc3)(C(Cl)Cl)C(=O)N2)c1. The van der Waals surface area contributed by atoms with Crippen LogP contribution in [0.5, 0.6) is 5.75 Å². The summed E-state index contributed by atoms with van der Waals surface area (Å²) < 4.78 is 5.18. The fourth-order valence-corrected chi connectivity index (χ4v) is 3.01. The van der Waals surface area contributed by atoms with Crippen LogP contribution in [0, 0.1) is 6.92 Å². The molecule has 0 saturated heterocycles. The molecule has 1 atom stereocenters. The lowest BCUT2D eigenvalue weighted by molar-refractivity contribution is -0.124. The second kappa shape index (κ2) is 7.58. The zero-order valence-corrected chi connectivity index (χ0v) is 16.1. The van der Waals surface area contributed by atoms with Gasteiger partial charge in [-0.25, -0.2) is 4.99 Å². The molecule has 1 aliphatic heterocycles. The van der Waals surface area contributed by atoms with Gasteiger partial charge in [0.2, 0.25) is 5.66 Å². The summed E-state index contributed by atoms with van der Waals surface area (Å²) in [5.74, 6) is -0.281. The zero-order valence-electron chi connectivity index (χ0n) is 14.6. The summed E-state index contributed by atoms with van der Waals surface area (Å²) in [5, 5.41) is 5.20. The van der Waals surface area contributed by atoms with Crippen molar-refractivity contribution in [1.82, 2.24) is 10.6 Å². The van der Waals surface area contributed by atoms with E-state index in [0.717, 1.165) is 5.56 Å². The third kappa shape index (κ3) is 3.77. The highest BCUT2D eigenvalue weighted by Crippen LogP contribution is 2.28. The minimum absolute atomic E-state index is 0.245. The van der Waals surface area contributed by atoms with Crippen molar-refractivity contribution in [2.75, 3.05) is 7.11 Å². The number of amidine groups is 1. The molecule has 27 heavy (non-hydrogen) atoms. The Morgan fingerprint density at radius 1 is 1.22 bits per heavy atom. The van der Waals surface area contributed by atoms with Gasteiger partial charge >= 0.3 is 0 Å². The van der Waals surface area contributed by atoms with Gasteiger partial charge in [-0.05, 0) is 31.2 Å². The topological polar surface area (TPSA) is 79.8 Å². The highest BCUT2D eigenvalue weighted by atomic mass is 35.5. The summed E-state index contributed by atoms with van der Waals surface area (Å²) >= 11 is 12.1. The van der Waals surface area contributed by atoms with Crippen molar-refractivity contribution in [1.29, 1.82) is 0 Å². The van der Waals surface area contributed by atoms with Crippen LogP contribution in [0.2, 0.25) is 0 Å². The largest absolute Gasteiger partial charge is 0.497 e. The second-order valence-corrected chi connectivity index (χ2v) is 7.13. The molecule has 2 aromatic carbocycles. The predicted molar refractivity (Wildman–Crippen MR) is 105 cm³/mol. The van der Waals surface area contributed by atoms with E-state index in [0.29, 0.717) is 16.9 Å². The number of amides is 2. The average molecular weight is 406 g/mol. The standard InChI is InChI=1S/C19H17Cl2N3O3/c1-11-6-8-12(9-7-11)16(25)24-19(17(20)21)18(26)22-15(23-19)13-4-3-5-14(10-13)27-2/h3-10,17H,1-2H3,(H,24,25)(H,22,23,26)/t19-/m1/s1. The number of carbonyl (C=O) groups excluding carboxylic acids is 2. The van der Waals surface area contributed by atoms with Crippen molar-refractivity contribution in [2.24, 2.45) is 4.99 Å². The van der Waals surface area contributed by atoms with E-state index in [9.17, 15) is 9.59 Å². The zero-order chi connectivity index (χ0) is 19.6. The summed E-state index contributed by atoms with van der Waals surface area (Å²) in [6, 6.07) is 13.8. The molecule has 0 saturated carbocycles. The van der Waals surface area contributed by atoms with E-state index >= 15 is 0 Å². The fraction of sp³-hybridized carbons (Fsp3) is 0.211. The molecule has 8 heteroatoms. The van der Waals surface area contributed by atoms with Crippen molar-refractivity contribution in [3.63, 3.8) is 0 Å². The highest BCUT2D eigenvalue weighted by Gasteiger charge is 2.50. The van der Waals surface area contributed by atoms with E-state index in [1.165, 1.54) is 7.11 Å². The lowest BCUT2D eigenvalue weighted by Gasteiger charge is -2.25. The van der Waals surface area contributed by atoms with Crippen molar-refractivity contribution in [3.8, 4) is 5.75 Å². The monoisotopic (exact) mass is 405 g/mol. The second-order valence-electron chi connectivity index (χ2n) is 6.03. The molecule has 0 aromatic heterocycles. The van der Waals surface area contributed by atoms with E-state index in [-0.39, 0.29) is 5.84 Å². The van der Waals surface area contributed by atoms with E-state index in [1.807, 2.05) is 6.92 Å². The summed E-state index contributed by atoms with van der Waals surface area (Å²) in [4.78, 5) is 28.3. The molecular formula is C19H17Cl2N3O3. The van der Waals surface area contributed by atoms with Crippen LogP contribution >= 0.6 is 23.2 Å². The van der Waals surface area contributed by atoms with Crippen LogP contribution in [0.15, 0.2) is 53.5 Å². The molecule has 140 valence electrons. The highest BCUT2D eigenvalue weighted by molar-refractivity contribution is 6.47. The Bertz CT molecular complexity index is 913. The molecular weight excluding hydrogens is 389 g/mol. The minimum atomic E-state index is -1.83. The van der Waals surface area contributed by atoms with Gasteiger partial charge in [0, 0.05) is 11.1 Å². The summed E-state index contributed by atoms with van der Waals surface area (Å²) in [6.07, 6.45) is 0. The fourth-order valence-electron chi connectivity index (χ4n) is 2.60. The number of methoxy groups -OCH3 is 1. The van der Waals surface area contributed by atoms with E-state index < -0.39 is 22.3 Å². The lowest BCUT2D eigenvalue weighted by atomic mass is 10.1. The van der Waals surface area contributed by atoms with Crippen molar-refractivity contribution in [3.05, 3.63) is 65.2 Å². The number of hydrogen-bond acceptors (Lipinski definition) is 4. The van der Waals surface area contributed by atoms with E-state index in [2.05, 4.69) is 15.6 Å². The molecule has 0 aliphatic carbocycles. The normalized spacial score (nSPS) is 18.9. The van der Waals surface area contributed by atoms with Gasteiger partial charge in [-0.3, -0.25) is 9.59 Å². The first kappa shape index (κ1) is 19.2. The van der Waals surface area contributed by atoms with Crippen LogP contribution in [0.4, 0.5) is 0 Å². The van der Waals surface area contributed by atoms with Gasteiger partial charge in [0.25, 0.3) is 11.8 Å². The maximum Gasteiger partial charge on any atom is 0.277 e. The Balaban J connectivity index is 1.95. The van der Waals surface area contributed by atoms with Gasteiger partial charge in [-0.2, -0.15) is 0 Å². The molecule has 1 aliphatic rings. The molecule has 2 N–H and O–H groups in total. The first-order valence-electron chi connectivity index (χ1n) is 8.09. The molecule has 2 amide bonds. The number of ether oxygens (including phenoxy) is 1. The Labute approximate surface area is 166 Å². The molecule has 0 spiro atoms. The van der Waals surface area contributed by atoms with Gasteiger partial charge in [0.05, 0.1) is 7.11 Å². The molecule has 6 nitrogen and oxygen atoms in total. The number of benzene rings is 2. The van der Waals surface area contributed by atoms with E-state index in [1.54, 1.807) is 48.5 Å². The third-order valence-electron chi connectivity index (χ3n) is 4.14. The smallest absolute Gasteiger partial charge is 0.277 e. The van der Waals surface area contributed by atoms with Crippen molar-refractivity contribution >= 4 is 40.9 Å². The maximum absolute atomic E-state index is 12.7. The number of nitrogens with zero attached hydrogens (tertiary/aromatic N) is 1.